The lowest BCUT2D eigenvalue weighted by molar-refractivity contribution is -0.121. The summed E-state index contributed by atoms with van der Waals surface area (Å²) in [6.07, 6.45) is 10.8. The van der Waals surface area contributed by atoms with Crippen molar-refractivity contribution >= 4 is 5.91 Å². The minimum absolute atomic E-state index is 0.178. The van der Waals surface area contributed by atoms with Crippen molar-refractivity contribution in [1.29, 1.82) is 0 Å². The number of nitrogens with two attached hydrogens (primary N) is 1. The van der Waals surface area contributed by atoms with Gasteiger partial charge in [0.15, 0.2) is 0 Å². The molecular weight excluding hydrogens is 212 g/mol. The Bertz CT molecular complexity index is 210. The van der Waals surface area contributed by atoms with Crippen LogP contribution in [0.1, 0.15) is 64.7 Å². The second-order valence-corrected chi connectivity index (χ2v) is 5.51. The Morgan fingerprint density at radius 3 is 2.71 bits per heavy atom. The smallest absolute Gasteiger partial charge is 0.219 e. The quantitative estimate of drug-likeness (QED) is 0.718. The second kappa shape index (κ2) is 8.51. The molecule has 1 aliphatic carbocycles. The van der Waals surface area contributed by atoms with E-state index in [9.17, 15) is 4.79 Å². The van der Waals surface area contributed by atoms with Crippen LogP contribution in [0.25, 0.3) is 0 Å². The summed E-state index contributed by atoms with van der Waals surface area (Å²) < 4.78 is 0. The lowest BCUT2D eigenvalue weighted by atomic mass is 9.86. The molecule has 3 heteroatoms. The van der Waals surface area contributed by atoms with E-state index in [1.807, 2.05) is 6.92 Å². The number of carbonyl (C=O) groups excluding carboxylic acids is 1. The van der Waals surface area contributed by atoms with Crippen molar-refractivity contribution < 1.29 is 4.79 Å². The van der Waals surface area contributed by atoms with Crippen LogP contribution in [-0.4, -0.2) is 18.5 Å². The first-order chi connectivity index (χ1) is 8.18. The Balaban J connectivity index is 1.95. The molecule has 0 radical (unpaired) electrons. The summed E-state index contributed by atoms with van der Waals surface area (Å²) in [5.41, 5.74) is 5.62. The Morgan fingerprint density at radius 1 is 1.35 bits per heavy atom. The zero-order chi connectivity index (χ0) is 12.5. The molecule has 0 aromatic rings. The van der Waals surface area contributed by atoms with E-state index in [4.69, 9.17) is 5.73 Å². The first kappa shape index (κ1) is 14.5. The molecule has 1 aliphatic rings. The molecule has 17 heavy (non-hydrogen) atoms. The van der Waals surface area contributed by atoms with Gasteiger partial charge in [-0.25, -0.2) is 0 Å². The van der Waals surface area contributed by atoms with Gasteiger partial charge in [-0.05, 0) is 32.1 Å². The fourth-order valence-electron chi connectivity index (χ4n) is 2.55. The lowest BCUT2D eigenvalue weighted by Crippen LogP contribution is -2.28. The van der Waals surface area contributed by atoms with Gasteiger partial charge >= 0.3 is 0 Å². The average Bonchev–Trinajstić information content (AvgIpc) is 2.30. The zero-order valence-electron chi connectivity index (χ0n) is 11.2. The molecule has 100 valence electrons. The number of rotatable bonds is 7. The predicted molar refractivity (Wildman–Crippen MR) is 71.7 cm³/mol. The van der Waals surface area contributed by atoms with Gasteiger partial charge in [-0.1, -0.05) is 32.1 Å². The van der Waals surface area contributed by atoms with Gasteiger partial charge < -0.3 is 11.1 Å². The maximum atomic E-state index is 11.5. The Kier molecular flexibility index (Phi) is 7.25. The van der Waals surface area contributed by atoms with Gasteiger partial charge in [-0.15, -0.1) is 0 Å². The zero-order valence-corrected chi connectivity index (χ0v) is 11.2. The van der Waals surface area contributed by atoms with Crippen molar-refractivity contribution in [2.75, 3.05) is 6.54 Å². The number of amides is 1. The van der Waals surface area contributed by atoms with Crippen molar-refractivity contribution in [1.82, 2.24) is 5.32 Å². The van der Waals surface area contributed by atoms with Gasteiger partial charge in [-0.2, -0.15) is 0 Å². The van der Waals surface area contributed by atoms with Gasteiger partial charge in [0.25, 0.3) is 0 Å². The molecule has 1 fully saturated rings. The van der Waals surface area contributed by atoms with Crippen LogP contribution in [-0.2, 0) is 4.79 Å². The molecule has 1 atom stereocenters. The Labute approximate surface area is 106 Å². The molecule has 0 saturated heterocycles. The van der Waals surface area contributed by atoms with Crippen molar-refractivity contribution in [2.24, 2.45) is 11.7 Å². The normalized spacial score (nSPS) is 18.9. The summed E-state index contributed by atoms with van der Waals surface area (Å²) in [4.78, 5) is 11.5. The van der Waals surface area contributed by atoms with Crippen molar-refractivity contribution in [3.63, 3.8) is 0 Å². The molecule has 1 rings (SSSR count). The fraction of sp³-hybridized carbons (Fsp3) is 0.929. The summed E-state index contributed by atoms with van der Waals surface area (Å²) in [7, 11) is 0. The summed E-state index contributed by atoms with van der Waals surface area (Å²) in [6.45, 7) is 2.69. The Morgan fingerprint density at radius 2 is 2.06 bits per heavy atom. The van der Waals surface area contributed by atoms with Crippen molar-refractivity contribution in [2.45, 2.75) is 70.8 Å². The van der Waals surface area contributed by atoms with E-state index in [2.05, 4.69) is 5.32 Å². The molecule has 0 aliphatic heterocycles. The number of nitrogens with one attached hydrogen (secondary N) is 1. The van der Waals surface area contributed by atoms with Crippen LogP contribution in [0, 0.1) is 5.92 Å². The SMILES string of the molecule is CC(N)CCNC(=O)CCCC1CCCCC1. The summed E-state index contributed by atoms with van der Waals surface area (Å²) in [5.74, 6) is 1.09. The third-order valence-corrected chi connectivity index (χ3v) is 3.66. The minimum Gasteiger partial charge on any atom is -0.356 e. The highest BCUT2D eigenvalue weighted by Gasteiger charge is 2.13. The van der Waals surface area contributed by atoms with Crippen LogP contribution in [0.15, 0.2) is 0 Å². The molecule has 0 spiro atoms. The van der Waals surface area contributed by atoms with E-state index in [-0.39, 0.29) is 11.9 Å². The van der Waals surface area contributed by atoms with Gasteiger partial charge in [0.1, 0.15) is 0 Å². The van der Waals surface area contributed by atoms with Crippen LogP contribution < -0.4 is 11.1 Å². The average molecular weight is 240 g/mol. The first-order valence-corrected chi connectivity index (χ1v) is 7.20. The molecule has 0 aromatic carbocycles. The van der Waals surface area contributed by atoms with Crippen LogP contribution in [0.4, 0.5) is 0 Å². The number of carbonyl (C=O) groups is 1. The molecule has 0 aromatic heterocycles. The summed E-state index contributed by atoms with van der Waals surface area (Å²) in [6, 6.07) is 0.178. The summed E-state index contributed by atoms with van der Waals surface area (Å²) >= 11 is 0. The van der Waals surface area contributed by atoms with Crippen LogP contribution in [0.5, 0.6) is 0 Å². The fourth-order valence-corrected chi connectivity index (χ4v) is 2.55. The topological polar surface area (TPSA) is 55.1 Å². The maximum Gasteiger partial charge on any atom is 0.219 e. The van der Waals surface area contributed by atoms with Crippen LogP contribution in [0.3, 0.4) is 0 Å². The third kappa shape index (κ3) is 7.37. The number of hydrogen-bond donors (Lipinski definition) is 2. The van der Waals surface area contributed by atoms with Gasteiger partial charge in [0.05, 0.1) is 0 Å². The van der Waals surface area contributed by atoms with E-state index < -0.39 is 0 Å². The van der Waals surface area contributed by atoms with Gasteiger partial charge in [-0.3, -0.25) is 4.79 Å². The highest BCUT2D eigenvalue weighted by molar-refractivity contribution is 5.75. The Hall–Kier alpha value is -0.570. The van der Waals surface area contributed by atoms with Crippen LogP contribution in [0.2, 0.25) is 0 Å². The monoisotopic (exact) mass is 240 g/mol. The molecular formula is C14H28N2O. The standard InChI is InChI=1S/C14H28N2O/c1-12(15)10-11-16-14(17)9-5-8-13-6-3-2-4-7-13/h12-13H,2-11,15H2,1H3,(H,16,17). The van der Waals surface area contributed by atoms with E-state index in [1.54, 1.807) is 0 Å². The van der Waals surface area contributed by atoms with Crippen molar-refractivity contribution in [3.8, 4) is 0 Å². The maximum absolute atomic E-state index is 11.5. The predicted octanol–water partition coefficient (Wildman–Crippen LogP) is 2.59. The third-order valence-electron chi connectivity index (χ3n) is 3.66. The molecule has 3 N–H and O–H groups in total. The van der Waals surface area contributed by atoms with E-state index >= 15 is 0 Å². The molecule has 0 bridgehead atoms. The molecule has 0 heterocycles. The van der Waals surface area contributed by atoms with E-state index in [1.165, 1.54) is 38.5 Å². The lowest BCUT2D eigenvalue weighted by Gasteiger charge is -2.21. The van der Waals surface area contributed by atoms with Crippen LogP contribution >= 0.6 is 0 Å². The highest BCUT2D eigenvalue weighted by atomic mass is 16.1. The van der Waals surface area contributed by atoms with E-state index in [0.717, 1.165) is 25.3 Å². The largest absolute Gasteiger partial charge is 0.356 e. The number of hydrogen-bond acceptors (Lipinski definition) is 2. The second-order valence-electron chi connectivity index (χ2n) is 5.51. The molecule has 1 amide bonds. The van der Waals surface area contributed by atoms with Crippen molar-refractivity contribution in [3.05, 3.63) is 0 Å². The minimum atomic E-state index is 0.178. The first-order valence-electron chi connectivity index (χ1n) is 7.20. The summed E-state index contributed by atoms with van der Waals surface area (Å²) in [5, 5.41) is 2.93. The van der Waals surface area contributed by atoms with Gasteiger partial charge in [0, 0.05) is 19.0 Å². The van der Waals surface area contributed by atoms with E-state index in [0.29, 0.717) is 6.42 Å². The van der Waals surface area contributed by atoms with Gasteiger partial charge in [0.2, 0.25) is 5.91 Å². The molecule has 1 saturated carbocycles. The molecule has 3 nitrogen and oxygen atoms in total. The molecule has 1 unspecified atom stereocenters. The highest BCUT2D eigenvalue weighted by Crippen LogP contribution is 2.27.